The van der Waals surface area contributed by atoms with Crippen LogP contribution in [0.15, 0.2) is 24.5 Å². The summed E-state index contributed by atoms with van der Waals surface area (Å²) in [7, 11) is 1.86. The van der Waals surface area contributed by atoms with E-state index in [0.29, 0.717) is 5.92 Å². The zero-order valence-electron chi connectivity index (χ0n) is 12.4. The van der Waals surface area contributed by atoms with Crippen LogP contribution in [0.4, 0.5) is 11.6 Å². The van der Waals surface area contributed by atoms with E-state index in [1.165, 1.54) is 11.1 Å². The van der Waals surface area contributed by atoms with Crippen molar-refractivity contribution in [3.8, 4) is 0 Å². The molecule has 20 heavy (non-hydrogen) atoms. The van der Waals surface area contributed by atoms with Crippen molar-refractivity contribution in [3.63, 3.8) is 0 Å². The number of hydrogen-bond donors (Lipinski definition) is 2. The number of aromatic nitrogens is 3. The van der Waals surface area contributed by atoms with Crippen molar-refractivity contribution in [1.29, 1.82) is 0 Å². The summed E-state index contributed by atoms with van der Waals surface area (Å²) in [5.41, 5.74) is 2.39. The molecule has 2 rings (SSSR count). The third kappa shape index (κ3) is 3.44. The van der Waals surface area contributed by atoms with E-state index in [4.69, 9.17) is 0 Å². The Morgan fingerprint density at radius 1 is 1.20 bits per heavy atom. The highest BCUT2D eigenvalue weighted by Gasteiger charge is 2.07. The number of rotatable bonds is 5. The van der Waals surface area contributed by atoms with Gasteiger partial charge >= 0.3 is 0 Å². The molecule has 2 aromatic heterocycles. The van der Waals surface area contributed by atoms with Gasteiger partial charge in [-0.3, -0.25) is 4.98 Å². The Morgan fingerprint density at radius 3 is 2.60 bits per heavy atom. The number of pyridine rings is 1. The molecule has 0 aliphatic rings. The van der Waals surface area contributed by atoms with Gasteiger partial charge in [-0.2, -0.15) is 0 Å². The van der Waals surface area contributed by atoms with Gasteiger partial charge in [-0.25, -0.2) is 9.97 Å². The minimum absolute atomic E-state index is 0.298. The molecule has 0 unspecified atom stereocenters. The maximum absolute atomic E-state index is 4.55. The Labute approximate surface area is 119 Å². The molecule has 0 radical (unpaired) electrons. The molecular formula is C15H21N5. The van der Waals surface area contributed by atoms with E-state index in [-0.39, 0.29) is 0 Å². The lowest BCUT2D eigenvalue weighted by atomic mass is 10.1. The quantitative estimate of drug-likeness (QED) is 0.875. The molecule has 0 bridgehead atoms. The Morgan fingerprint density at radius 2 is 1.95 bits per heavy atom. The normalized spacial score (nSPS) is 10.7. The van der Waals surface area contributed by atoms with E-state index in [0.717, 1.165) is 24.0 Å². The van der Waals surface area contributed by atoms with Crippen molar-refractivity contribution < 1.29 is 0 Å². The number of anilines is 2. The molecule has 5 heteroatoms. The fourth-order valence-corrected chi connectivity index (χ4v) is 1.83. The summed E-state index contributed by atoms with van der Waals surface area (Å²) in [5, 5.41) is 6.42. The van der Waals surface area contributed by atoms with E-state index in [1.807, 2.05) is 31.6 Å². The molecule has 0 fully saturated rings. The lowest BCUT2D eigenvalue weighted by molar-refractivity contribution is 0.776. The van der Waals surface area contributed by atoms with Gasteiger partial charge in [-0.1, -0.05) is 13.8 Å². The van der Waals surface area contributed by atoms with Crippen molar-refractivity contribution in [3.05, 3.63) is 41.5 Å². The summed E-state index contributed by atoms with van der Waals surface area (Å²) in [5.74, 6) is 2.80. The second-order valence-corrected chi connectivity index (χ2v) is 5.06. The largest absolute Gasteiger partial charge is 0.373 e. The zero-order valence-corrected chi connectivity index (χ0v) is 12.4. The molecule has 0 atom stereocenters. The molecular weight excluding hydrogens is 250 g/mol. The van der Waals surface area contributed by atoms with Crippen LogP contribution in [0.1, 0.15) is 36.7 Å². The molecule has 2 heterocycles. The van der Waals surface area contributed by atoms with Gasteiger partial charge in [0.05, 0.1) is 0 Å². The first-order chi connectivity index (χ1) is 9.60. The average molecular weight is 271 g/mol. The lowest BCUT2D eigenvalue weighted by Gasteiger charge is -2.12. The molecule has 2 aromatic rings. The van der Waals surface area contributed by atoms with Crippen LogP contribution in [0.5, 0.6) is 0 Å². The molecule has 106 valence electrons. The second-order valence-electron chi connectivity index (χ2n) is 5.06. The van der Waals surface area contributed by atoms with Gasteiger partial charge < -0.3 is 10.6 Å². The first-order valence-corrected chi connectivity index (χ1v) is 6.80. The fraction of sp³-hybridized carbons (Fsp3) is 0.400. The number of hydrogen-bond acceptors (Lipinski definition) is 5. The maximum atomic E-state index is 4.55. The molecule has 2 N–H and O–H groups in total. The van der Waals surface area contributed by atoms with E-state index in [2.05, 4.69) is 46.4 Å². The summed E-state index contributed by atoms with van der Waals surface area (Å²) in [6.07, 6.45) is 3.68. The predicted octanol–water partition coefficient (Wildman–Crippen LogP) is 2.96. The van der Waals surface area contributed by atoms with Crippen LogP contribution in [0.2, 0.25) is 0 Å². The van der Waals surface area contributed by atoms with Gasteiger partial charge in [0.2, 0.25) is 0 Å². The van der Waals surface area contributed by atoms with E-state index in [9.17, 15) is 0 Å². The third-order valence-corrected chi connectivity index (χ3v) is 3.11. The summed E-state index contributed by atoms with van der Waals surface area (Å²) >= 11 is 0. The third-order valence-electron chi connectivity index (χ3n) is 3.11. The van der Waals surface area contributed by atoms with Crippen molar-refractivity contribution in [2.45, 2.75) is 33.2 Å². The van der Waals surface area contributed by atoms with Gasteiger partial charge in [-0.15, -0.1) is 0 Å². The van der Waals surface area contributed by atoms with Crippen LogP contribution >= 0.6 is 0 Å². The molecule has 0 aliphatic heterocycles. The van der Waals surface area contributed by atoms with Crippen LogP contribution in [0, 0.1) is 6.92 Å². The van der Waals surface area contributed by atoms with Crippen LogP contribution in [0.3, 0.4) is 0 Å². The van der Waals surface area contributed by atoms with Crippen molar-refractivity contribution in [2.24, 2.45) is 0 Å². The van der Waals surface area contributed by atoms with Gasteiger partial charge in [0.15, 0.2) is 0 Å². The van der Waals surface area contributed by atoms with Crippen molar-refractivity contribution in [1.82, 2.24) is 15.0 Å². The van der Waals surface area contributed by atoms with Crippen LogP contribution < -0.4 is 10.6 Å². The maximum Gasteiger partial charge on any atom is 0.135 e. The van der Waals surface area contributed by atoms with Crippen molar-refractivity contribution in [2.75, 3.05) is 17.7 Å². The van der Waals surface area contributed by atoms with Crippen molar-refractivity contribution >= 4 is 11.6 Å². The average Bonchev–Trinajstić information content (AvgIpc) is 2.46. The summed E-state index contributed by atoms with van der Waals surface area (Å²) in [6.45, 7) is 6.96. The first kappa shape index (κ1) is 14.2. The van der Waals surface area contributed by atoms with E-state index >= 15 is 0 Å². The number of nitrogens with zero attached hydrogens (tertiary/aromatic N) is 3. The molecule has 0 aliphatic carbocycles. The SMILES string of the molecule is CNc1cc(NCc2ccncc2C)nc(C(C)C)n1. The molecule has 0 saturated carbocycles. The van der Waals surface area contributed by atoms with Crippen LogP contribution in [-0.4, -0.2) is 22.0 Å². The van der Waals surface area contributed by atoms with E-state index in [1.54, 1.807) is 0 Å². The standard InChI is InChI=1S/C15H21N5/c1-10(2)15-19-13(16-4)7-14(20-15)18-9-12-5-6-17-8-11(12)3/h5-8,10H,9H2,1-4H3,(H2,16,18,19,20). The molecule has 0 saturated heterocycles. The Bertz CT molecular complexity index is 580. The van der Waals surface area contributed by atoms with Gasteiger partial charge in [0.25, 0.3) is 0 Å². The molecule has 5 nitrogen and oxygen atoms in total. The summed E-state index contributed by atoms with van der Waals surface area (Å²) in [4.78, 5) is 13.1. The highest BCUT2D eigenvalue weighted by Crippen LogP contribution is 2.17. The van der Waals surface area contributed by atoms with Gasteiger partial charge in [-0.05, 0) is 24.1 Å². The summed E-state index contributed by atoms with van der Waals surface area (Å²) in [6, 6.07) is 3.94. The minimum atomic E-state index is 0.298. The van der Waals surface area contributed by atoms with Crippen LogP contribution in [0.25, 0.3) is 0 Å². The van der Waals surface area contributed by atoms with E-state index < -0.39 is 0 Å². The minimum Gasteiger partial charge on any atom is -0.373 e. The predicted molar refractivity (Wildman–Crippen MR) is 82.0 cm³/mol. The van der Waals surface area contributed by atoms with Gasteiger partial charge in [0.1, 0.15) is 17.5 Å². The monoisotopic (exact) mass is 271 g/mol. The second kappa shape index (κ2) is 6.32. The first-order valence-electron chi connectivity index (χ1n) is 6.80. The topological polar surface area (TPSA) is 62.7 Å². The molecule has 0 aromatic carbocycles. The van der Waals surface area contributed by atoms with Gasteiger partial charge in [0, 0.05) is 38.0 Å². The fourth-order valence-electron chi connectivity index (χ4n) is 1.83. The Kier molecular flexibility index (Phi) is 4.50. The highest BCUT2D eigenvalue weighted by atomic mass is 15.1. The highest BCUT2D eigenvalue weighted by molar-refractivity contribution is 5.48. The van der Waals surface area contributed by atoms with Crippen LogP contribution in [-0.2, 0) is 6.54 Å². The Hall–Kier alpha value is -2.17. The summed E-state index contributed by atoms with van der Waals surface area (Å²) < 4.78 is 0. The zero-order chi connectivity index (χ0) is 14.5. The molecule has 0 spiro atoms. The molecule has 0 amide bonds. The smallest absolute Gasteiger partial charge is 0.135 e. The number of nitrogens with one attached hydrogen (secondary N) is 2. The lowest BCUT2D eigenvalue weighted by Crippen LogP contribution is -2.08. The number of aryl methyl sites for hydroxylation is 1. The Balaban J connectivity index is 2.17.